The van der Waals surface area contributed by atoms with Crippen LogP contribution in [0.2, 0.25) is 0 Å². The molecule has 0 radical (unpaired) electrons. The van der Waals surface area contributed by atoms with Crippen LogP contribution in [0.25, 0.3) is 0 Å². The van der Waals surface area contributed by atoms with Gasteiger partial charge in [-0.15, -0.1) is 0 Å². The van der Waals surface area contributed by atoms with Crippen molar-refractivity contribution in [2.45, 2.75) is 0 Å². The van der Waals surface area contributed by atoms with Crippen molar-refractivity contribution in [2.24, 2.45) is 11.5 Å². The number of anilines is 2. The topological polar surface area (TPSA) is 98.2 Å². The maximum absolute atomic E-state index is 11.3. The molecule has 2 aromatic rings. The molecule has 0 unspecified atom stereocenters. The van der Waals surface area contributed by atoms with Gasteiger partial charge in [0.15, 0.2) is 0 Å². The predicted octanol–water partition coefficient (Wildman–Crippen LogP) is 1.63. The Bertz CT molecular complexity index is 583. The zero-order chi connectivity index (χ0) is 13.8. The molecule has 5 N–H and O–H groups in total. The summed E-state index contributed by atoms with van der Waals surface area (Å²) in [6.07, 6.45) is 0. The van der Waals surface area contributed by atoms with Crippen LogP contribution in [0.5, 0.6) is 0 Å². The molecule has 0 fully saturated rings. The van der Waals surface area contributed by atoms with Gasteiger partial charge in [0.1, 0.15) is 0 Å². The molecule has 0 aliphatic carbocycles. The first kappa shape index (κ1) is 12.6. The van der Waals surface area contributed by atoms with E-state index in [2.05, 4.69) is 5.32 Å². The fraction of sp³-hybridized carbons (Fsp3) is 0. The smallest absolute Gasteiger partial charge is 0.250 e. The predicted molar refractivity (Wildman–Crippen MR) is 73.2 cm³/mol. The zero-order valence-electron chi connectivity index (χ0n) is 10.1. The van der Waals surface area contributed by atoms with Crippen LogP contribution in [0.4, 0.5) is 11.4 Å². The van der Waals surface area contributed by atoms with Gasteiger partial charge in [-0.3, -0.25) is 9.59 Å². The van der Waals surface area contributed by atoms with Crippen molar-refractivity contribution in [3.8, 4) is 0 Å². The minimum Gasteiger partial charge on any atom is -0.366 e. The van der Waals surface area contributed by atoms with Crippen molar-refractivity contribution in [3.05, 3.63) is 59.7 Å². The third-order valence-corrected chi connectivity index (χ3v) is 2.65. The number of hydrogen-bond donors (Lipinski definition) is 3. The number of nitrogens with one attached hydrogen (secondary N) is 1. The molecule has 0 heterocycles. The normalized spacial score (nSPS) is 9.89. The highest BCUT2D eigenvalue weighted by atomic mass is 16.1. The van der Waals surface area contributed by atoms with E-state index in [-0.39, 0.29) is 0 Å². The molecule has 2 rings (SSSR count). The van der Waals surface area contributed by atoms with E-state index in [1.807, 2.05) is 0 Å². The summed E-state index contributed by atoms with van der Waals surface area (Å²) in [5.74, 6) is -1.08. The van der Waals surface area contributed by atoms with Gasteiger partial charge in [-0.1, -0.05) is 24.3 Å². The molecular formula is C14H13N3O2. The summed E-state index contributed by atoms with van der Waals surface area (Å²) in [7, 11) is 0. The van der Waals surface area contributed by atoms with Gasteiger partial charge >= 0.3 is 0 Å². The lowest BCUT2D eigenvalue weighted by molar-refractivity contribution is 0.0993. The number of amides is 2. The van der Waals surface area contributed by atoms with E-state index in [0.29, 0.717) is 22.5 Å². The van der Waals surface area contributed by atoms with Crippen LogP contribution in [-0.4, -0.2) is 11.8 Å². The molecular weight excluding hydrogens is 242 g/mol. The Labute approximate surface area is 110 Å². The molecule has 5 nitrogen and oxygen atoms in total. The van der Waals surface area contributed by atoms with Gasteiger partial charge in [0.05, 0.1) is 22.5 Å². The fourth-order valence-electron chi connectivity index (χ4n) is 1.76. The fourth-order valence-corrected chi connectivity index (χ4v) is 1.76. The summed E-state index contributed by atoms with van der Waals surface area (Å²) in [4.78, 5) is 22.6. The third kappa shape index (κ3) is 2.71. The molecule has 0 aliphatic heterocycles. The SMILES string of the molecule is NC(=O)c1ccccc1Nc1ccccc1C(N)=O. The van der Waals surface area contributed by atoms with Crippen LogP contribution in [0.1, 0.15) is 20.7 Å². The number of primary amides is 2. The van der Waals surface area contributed by atoms with Crippen LogP contribution in [-0.2, 0) is 0 Å². The quantitative estimate of drug-likeness (QED) is 0.774. The summed E-state index contributed by atoms with van der Waals surface area (Å²) in [6, 6.07) is 13.6. The second kappa shape index (κ2) is 5.22. The second-order valence-electron chi connectivity index (χ2n) is 3.94. The summed E-state index contributed by atoms with van der Waals surface area (Å²) >= 11 is 0. The van der Waals surface area contributed by atoms with E-state index in [0.717, 1.165) is 0 Å². The van der Waals surface area contributed by atoms with E-state index in [1.54, 1.807) is 48.5 Å². The van der Waals surface area contributed by atoms with Crippen molar-refractivity contribution in [2.75, 3.05) is 5.32 Å². The van der Waals surface area contributed by atoms with Gasteiger partial charge in [-0.25, -0.2) is 0 Å². The van der Waals surface area contributed by atoms with Gasteiger partial charge in [0.2, 0.25) is 0 Å². The Morgan fingerprint density at radius 1 is 0.737 bits per heavy atom. The zero-order valence-corrected chi connectivity index (χ0v) is 10.1. The van der Waals surface area contributed by atoms with Crippen LogP contribution >= 0.6 is 0 Å². The average Bonchev–Trinajstić information content (AvgIpc) is 2.39. The average molecular weight is 255 g/mol. The van der Waals surface area contributed by atoms with E-state index < -0.39 is 11.8 Å². The summed E-state index contributed by atoms with van der Waals surface area (Å²) in [6.45, 7) is 0. The molecule has 0 bridgehead atoms. The van der Waals surface area contributed by atoms with Gasteiger partial charge in [-0.05, 0) is 24.3 Å². The molecule has 2 amide bonds. The minimum atomic E-state index is -0.542. The van der Waals surface area contributed by atoms with E-state index >= 15 is 0 Å². The molecule has 0 aromatic heterocycles. The molecule has 2 aromatic carbocycles. The Kier molecular flexibility index (Phi) is 3.47. The molecule has 0 spiro atoms. The van der Waals surface area contributed by atoms with Gasteiger partial charge in [-0.2, -0.15) is 0 Å². The largest absolute Gasteiger partial charge is 0.366 e. The number of para-hydroxylation sites is 2. The van der Waals surface area contributed by atoms with E-state index in [1.165, 1.54) is 0 Å². The first-order valence-electron chi connectivity index (χ1n) is 5.64. The van der Waals surface area contributed by atoms with Crippen molar-refractivity contribution < 1.29 is 9.59 Å². The number of carbonyl (C=O) groups excluding carboxylic acids is 2. The molecule has 0 aliphatic rings. The summed E-state index contributed by atoms with van der Waals surface area (Å²) in [5, 5.41) is 3.00. The maximum atomic E-state index is 11.3. The van der Waals surface area contributed by atoms with Crippen molar-refractivity contribution >= 4 is 23.2 Å². The Morgan fingerprint density at radius 3 is 1.47 bits per heavy atom. The second-order valence-corrected chi connectivity index (χ2v) is 3.94. The standard InChI is InChI=1S/C14H13N3O2/c15-13(18)9-5-1-3-7-11(9)17-12-8-4-2-6-10(12)14(16)19/h1-8,17H,(H2,15,18)(H2,16,19). The number of carbonyl (C=O) groups is 2. The monoisotopic (exact) mass is 255 g/mol. The van der Waals surface area contributed by atoms with Crippen LogP contribution in [0.15, 0.2) is 48.5 Å². The van der Waals surface area contributed by atoms with Gasteiger partial charge < -0.3 is 16.8 Å². The summed E-state index contributed by atoms with van der Waals surface area (Å²) < 4.78 is 0. The number of rotatable bonds is 4. The maximum Gasteiger partial charge on any atom is 0.250 e. The highest BCUT2D eigenvalue weighted by Crippen LogP contribution is 2.23. The minimum absolute atomic E-state index is 0.349. The molecule has 96 valence electrons. The van der Waals surface area contributed by atoms with Gasteiger partial charge in [0, 0.05) is 0 Å². The van der Waals surface area contributed by atoms with Crippen LogP contribution in [0.3, 0.4) is 0 Å². The first-order chi connectivity index (χ1) is 9.09. The lowest BCUT2D eigenvalue weighted by Crippen LogP contribution is -2.15. The Balaban J connectivity index is 2.42. The van der Waals surface area contributed by atoms with Crippen LogP contribution < -0.4 is 16.8 Å². The highest BCUT2D eigenvalue weighted by Gasteiger charge is 2.11. The number of benzene rings is 2. The van der Waals surface area contributed by atoms with Gasteiger partial charge in [0.25, 0.3) is 11.8 Å². The molecule has 0 saturated heterocycles. The van der Waals surface area contributed by atoms with Crippen molar-refractivity contribution in [3.63, 3.8) is 0 Å². The number of hydrogen-bond acceptors (Lipinski definition) is 3. The lowest BCUT2D eigenvalue weighted by Gasteiger charge is -2.12. The summed E-state index contributed by atoms with van der Waals surface area (Å²) in [5.41, 5.74) is 12.4. The lowest BCUT2D eigenvalue weighted by atomic mass is 10.1. The van der Waals surface area contributed by atoms with Crippen LogP contribution in [0, 0.1) is 0 Å². The van der Waals surface area contributed by atoms with E-state index in [9.17, 15) is 9.59 Å². The molecule has 0 saturated carbocycles. The molecule has 0 atom stereocenters. The highest BCUT2D eigenvalue weighted by molar-refractivity contribution is 6.02. The first-order valence-corrected chi connectivity index (χ1v) is 5.64. The number of nitrogens with two attached hydrogens (primary N) is 2. The Hall–Kier alpha value is -2.82. The molecule has 19 heavy (non-hydrogen) atoms. The van der Waals surface area contributed by atoms with E-state index in [4.69, 9.17) is 11.5 Å². The van der Waals surface area contributed by atoms with Crippen molar-refractivity contribution in [1.82, 2.24) is 0 Å². The molecule has 5 heteroatoms. The Morgan fingerprint density at radius 2 is 1.11 bits per heavy atom. The van der Waals surface area contributed by atoms with Crippen molar-refractivity contribution in [1.29, 1.82) is 0 Å². The third-order valence-electron chi connectivity index (χ3n) is 2.65.